The predicted molar refractivity (Wildman–Crippen MR) is 60.0 cm³/mol. The van der Waals surface area contributed by atoms with Crippen LogP contribution >= 0.6 is 0 Å². The zero-order valence-electron chi connectivity index (χ0n) is 9.87. The normalized spacial score (nSPS) is 13.4. The number of aromatic nitrogens is 2. The van der Waals surface area contributed by atoms with Crippen molar-refractivity contribution in [1.82, 2.24) is 9.97 Å². The fourth-order valence-electron chi connectivity index (χ4n) is 1.27. The first-order chi connectivity index (χ1) is 8.43. The van der Waals surface area contributed by atoms with Gasteiger partial charge in [0.1, 0.15) is 5.69 Å². The molecule has 18 heavy (non-hydrogen) atoms. The second-order valence-corrected chi connectivity index (χ2v) is 3.69. The summed E-state index contributed by atoms with van der Waals surface area (Å²) in [6, 6.07) is 0.648. The van der Waals surface area contributed by atoms with Gasteiger partial charge in [0, 0.05) is 25.9 Å². The van der Waals surface area contributed by atoms with E-state index in [1.54, 1.807) is 0 Å². The summed E-state index contributed by atoms with van der Waals surface area (Å²) in [4.78, 5) is 7.07. The van der Waals surface area contributed by atoms with Crippen molar-refractivity contribution in [3.05, 3.63) is 18.0 Å². The molecule has 0 aromatic carbocycles. The van der Waals surface area contributed by atoms with E-state index in [0.29, 0.717) is 19.6 Å². The summed E-state index contributed by atoms with van der Waals surface area (Å²) in [5.41, 5.74) is 4.69. The molecule has 0 saturated carbocycles. The van der Waals surface area contributed by atoms with Gasteiger partial charge in [0.15, 0.2) is 0 Å². The number of rotatable bonds is 6. The van der Waals surface area contributed by atoms with E-state index in [-0.39, 0.29) is 12.0 Å². The van der Waals surface area contributed by atoms with E-state index < -0.39 is 11.9 Å². The van der Waals surface area contributed by atoms with Crippen LogP contribution < -0.4 is 11.1 Å². The minimum Gasteiger partial charge on any atom is -0.383 e. The monoisotopic (exact) mass is 264 g/mol. The molecular formula is C10H15F3N4O. The van der Waals surface area contributed by atoms with Crippen molar-refractivity contribution in [2.45, 2.75) is 18.6 Å². The molecule has 1 rings (SSSR count). The second-order valence-electron chi connectivity index (χ2n) is 3.69. The number of halogens is 3. The first kappa shape index (κ1) is 14.7. The van der Waals surface area contributed by atoms with Crippen molar-refractivity contribution in [3.63, 3.8) is 0 Å². The smallest absolute Gasteiger partial charge is 0.383 e. The van der Waals surface area contributed by atoms with E-state index in [9.17, 15) is 13.2 Å². The highest BCUT2D eigenvalue weighted by atomic mass is 19.4. The van der Waals surface area contributed by atoms with Gasteiger partial charge < -0.3 is 15.8 Å². The molecule has 1 atom stereocenters. The maximum atomic E-state index is 12.4. The Labute approximate surface area is 103 Å². The van der Waals surface area contributed by atoms with Crippen LogP contribution in [-0.2, 0) is 10.9 Å². The molecule has 0 radical (unpaired) electrons. The third kappa shape index (κ3) is 4.84. The molecule has 0 amide bonds. The van der Waals surface area contributed by atoms with Crippen LogP contribution in [0.2, 0.25) is 0 Å². The Morgan fingerprint density at radius 2 is 2.22 bits per heavy atom. The number of anilines is 1. The van der Waals surface area contributed by atoms with Gasteiger partial charge in [-0.1, -0.05) is 0 Å². The quantitative estimate of drug-likeness (QED) is 0.809. The molecule has 5 nitrogen and oxygen atoms in total. The SMILES string of the molecule is COCC(N)CCNc1nccc(C(F)(F)F)n1. The molecular weight excluding hydrogens is 249 g/mol. The molecule has 1 unspecified atom stereocenters. The molecule has 1 aromatic rings. The van der Waals surface area contributed by atoms with Gasteiger partial charge in [-0.05, 0) is 12.5 Å². The van der Waals surface area contributed by atoms with Crippen molar-refractivity contribution in [2.75, 3.05) is 25.6 Å². The lowest BCUT2D eigenvalue weighted by atomic mass is 10.2. The molecule has 0 aliphatic carbocycles. The molecule has 8 heteroatoms. The Balaban J connectivity index is 2.48. The summed E-state index contributed by atoms with van der Waals surface area (Å²) in [7, 11) is 1.53. The number of hydrogen-bond donors (Lipinski definition) is 2. The lowest BCUT2D eigenvalue weighted by molar-refractivity contribution is -0.141. The molecule has 1 aromatic heterocycles. The lowest BCUT2D eigenvalue weighted by Crippen LogP contribution is -2.28. The first-order valence-electron chi connectivity index (χ1n) is 5.32. The summed E-state index contributed by atoms with van der Waals surface area (Å²) in [6.45, 7) is 0.775. The van der Waals surface area contributed by atoms with Crippen LogP contribution in [-0.4, -0.2) is 36.3 Å². The fourth-order valence-corrected chi connectivity index (χ4v) is 1.27. The van der Waals surface area contributed by atoms with Crippen molar-refractivity contribution in [3.8, 4) is 0 Å². The summed E-state index contributed by atoms with van der Waals surface area (Å²) in [5.74, 6) is -0.0607. The highest BCUT2D eigenvalue weighted by molar-refractivity contribution is 5.25. The molecule has 1 heterocycles. The maximum Gasteiger partial charge on any atom is 0.433 e. The van der Waals surface area contributed by atoms with Gasteiger partial charge in [-0.3, -0.25) is 0 Å². The van der Waals surface area contributed by atoms with E-state index in [2.05, 4.69) is 15.3 Å². The summed E-state index contributed by atoms with van der Waals surface area (Å²) in [6.07, 6.45) is -2.85. The Kier molecular flexibility index (Phi) is 5.29. The van der Waals surface area contributed by atoms with E-state index in [1.165, 1.54) is 7.11 Å². The Bertz CT molecular complexity index is 372. The summed E-state index contributed by atoms with van der Waals surface area (Å²) < 4.78 is 41.9. The average molecular weight is 264 g/mol. The Morgan fingerprint density at radius 1 is 1.50 bits per heavy atom. The third-order valence-electron chi connectivity index (χ3n) is 2.12. The number of alkyl halides is 3. The number of hydrogen-bond acceptors (Lipinski definition) is 5. The number of nitrogens with one attached hydrogen (secondary N) is 1. The van der Waals surface area contributed by atoms with Crippen LogP contribution in [0.1, 0.15) is 12.1 Å². The van der Waals surface area contributed by atoms with Crippen molar-refractivity contribution < 1.29 is 17.9 Å². The molecule has 0 fully saturated rings. The minimum absolute atomic E-state index is 0.0607. The highest BCUT2D eigenvalue weighted by Gasteiger charge is 2.32. The largest absolute Gasteiger partial charge is 0.433 e. The molecule has 0 aliphatic heterocycles. The standard InChI is InChI=1S/C10H15F3N4O/c1-18-6-7(14)2-4-15-9-16-5-3-8(17-9)10(11,12)13/h3,5,7H,2,4,6,14H2,1H3,(H,15,16,17). The van der Waals surface area contributed by atoms with Gasteiger partial charge in [-0.2, -0.15) is 13.2 Å². The van der Waals surface area contributed by atoms with Crippen LogP contribution in [0.3, 0.4) is 0 Å². The minimum atomic E-state index is -4.47. The van der Waals surface area contributed by atoms with Crippen LogP contribution in [0.5, 0.6) is 0 Å². The van der Waals surface area contributed by atoms with Crippen LogP contribution in [0.25, 0.3) is 0 Å². The molecule has 0 saturated heterocycles. The van der Waals surface area contributed by atoms with Crippen LogP contribution in [0.4, 0.5) is 19.1 Å². The van der Waals surface area contributed by atoms with E-state index in [0.717, 1.165) is 12.3 Å². The molecule has 0 spiro atoms. The number of ether oxygens (including phenoxy) is 1. The van der Waals surface area contributed by atoms with Crippen LogP contribution in [0, 0.1) is 0 Å². The van der Waals surface area contributed by atoms with E-state index in [4.69, 9.17) is 10.5 Å². The number of nitrogens with zero attached hydrogens (tertiary/aromatic N) is 2. The lowest BCUT2D eigenvalue weighted by Gasteiger charge is -2.11. The summed E-state index contributed by atoms with van der Waals surface area (Å²) in [5, 5.41) is 2.69. The third-order valence-corrected chi connectivity index (χ3v) is 2.12. The van der Waals surface area contributed by atoms with E-state index in [1.807, 2.05) is 0 Å². The van der Waals surface area contributed by atoms with Gasteiger partial charge in [-0.25, -0.2) is 9.97 Å². The zero-order chi connectivity index (χ0) is 13.6. The second kappa shape index (κ2) is 6.50. The summed E-state index contributed by atoms with van der Waals surface area (Å²) >= 11 is 0. The van der Waals surface area contributed by atoms with Crippen molar-refractivity contribution in [1.29, 1.82) is 0 Å². The first-order valence-corrected chi connectivity index (χ1v) is 5.32. The van der Waals surface area contributed by atoms with E-state index >= 15 is 0 Å². The highest BCUT2D eigenvalue weighted by Crippen LogP contribution is 2.27. The molecule has 3 N–H and O–H groups in total. The van der Waals surface area contributed by atoms with Gasteiger partial charge >= 0.3 is 6.18 Å². The topological polar surface area (TPSA) is 73.1 Å². The maximum absolute atomic E-state index is 12.4. The average Bonchev–Trinajstić information content (AvgIpc) is 2.29. The van der Waals surface area contributed by atoms with Gasteiger partial charge in [0.25, 0.3) is 0 Å². The van der Waals surface area contributed by atoms with Crippen molar-refractivity contribution in [2.24, 2.45) is 5.73 Å². The van der Waals surface area contributed by atoms with Crippen molar-refractivity contribution >= 4 is 5.95 Å². The fraction of sp³-hybridized carbons (Fsp3) is 0.600. The number of methoxy groups -OCH3 is 1. The number of nitrogens with two attached hydrogens (primary N) is 1. The Hall–Kier alpha value is -1.41. The predicted octanol–water partition coefficient (Wildman–Crippen LogP) is 1.27. The van der Waals surface area contributed by atoms with Crippen LogP contribution in [0.15, 0.2) is 12.3 Å². The molecule has 102 valence electrons. The molecule has 0 bridgehead atoms. The van der Waals surface area contributed by atoms with Gasteiger partial charge in [0.05, 0.1) is 6.61 Å². The zero-order valence-corrected chi connectivity index (χ0v) is 9.87. The van der Waals surface area contributed by atoms with Gasteiger partial charge in [-0.15, -0.1) is 0 Å². The van der Waals surface area contributed by atoms with Gasteiger partial charge in [0.2, 0.25) is 5.95 Å². The molecule has 0 aliphatic rings. The Morgan fingerprint density at radius 3 is 2.83 bits per heavy atom.